The zero-order chi connectivity index (χ0) is 13.2. The number of nitrogens with two attached hydrogens (primary N) is 1. The van der Waals surface area contributed by atoms with E-state index in [1.165, 1.54) is 6.42 Å². The average molecular weight is 273 g/mol. The van der Waals surface area contributed by atoms with Gasteiger partial charge in [0, 0.05) is 13.1 Å². The van der Waals surface area contributed by atoms with Crippen molar-refractivity contribution in [3.63, 3.8) is 0 Å². The molecule has 18 heavy (non-hydrogen) atoms. The summed E-state index contributed by atoms with van der Waals surface area (Å²) in [6.07, 6.45) is 4.02. The van der Waals surface area contributed by atoms with E-state index in [1.54, 1.807) is 0 Å². The Morgan fingerprint density at radius 3 is 2.72 bits per heavy atom. The lowest BCUT2D eigenvalue weighted by molar-refractivity contribution is 0.270. The molecule has 0 amide bonds. The fourth-order valence-corrected chi connectivity index (χ4v) is 3.91. The van der Waals surface area contributed by atoms with Crippen molar-refractivity contribution >= 4 is 15.8 Å². The van der Waals surface area contributed by atoms with Gasteiger partial charge in [0.25, 0.3) is 0 Å². The van der Waals surface area contributed by atoms with E-state index < -0.39 is 9.84 Å². The molecule has 6 heteroatoms. The molecule has 2 fully saturated rings. The maximum absolute atomic E-state index is 11.7. The second kappa shape index (κ2) is 5.47. The molecule has 2 rings (SSSR count). The molecule has 1 atom stereocenters. The van der Waals surface area contributed by atoms with E-state index >= 15 is 0 Å². The van der Waals surface area contributed by atoms with Gasteiger partial charge >= 0.3 is 0 Å². The average Bonchev–Trinajstić information content (AvgIpc) is 3.12. The lowest BCUT2D eigenvalue weighted by Gasteiger charge is -2.31. The summed E-state index contributed by atoms with van der Waals surface area (Å²) >= 11 is 0. The molecule has 1 aliphatic heterocycles. The molecule has 0 aromatic heterocycles. The molecular formula is C12H23N3O2S. The zero-order valence-electron chi connectivity index (χ0n) is 11.0. The van der Waals surface area contributed by atoms with Crippen LogP contribution in [0.25, 0.3) is 0 Å². The fourth-order valence-electron chi connectivity index (χ4n) is 2.38. The third-order valence-corrected chi connectivity index (χ3v) is 5.90. The number of piperidine rings is 1. The second-order valence-electron chi connectivity index (χ2n) is 5.50. The van der Waals surface area contributed by atoms with Gasteiger partial charge in [-0.3, -0.25) is 4.99 Å². The van der Waals surface area contributed by atoms with Crippen molar-refractivity contribution in [2.24, 2.45) is 16.6 Å². The molecule has 104 valence electrons. The Balaban J connectivity index is 1.81. The lowest BCUT2D eigenvalue weighted by atomic mass is 10.0. The Morgan fingerprint density at radius 2 is 2.11 bits per heavy atom. The predicted molar refractivity (Wildman–Crippen MR) is 73.3 cm³/mol. The van der Waals surface area contributed by atoms with E-state index in [0.29, 0.717) is 18.4 Å². The fraction of sp³-hybridized carbons (Fsp3) is 0.917. The lowest BCUT2D eigenvalue weighted by Crippen LogP contribution is -2.43. The molecule has 0 aromatic rings. The van der Waals surface area contributed by atoms with Crippen LogP contribution in [0, 0.1) is 5.92 Å². The van der Waals surface area contributed by atoms with Gasteiger partial charge in [-0.25, -0.2) is 8.42 Å². The Hall–Kier alpha value is -0.780. The van der Waals surface area contributed by atoms with Crippen molar-refractivity contribution in [2.45, 2.75) is 37.9 Å². The zero-order valence-corrected chi connectivity index (χ0v) is 11.8. The molecule has 5 nitrogen and oxygen atoms in total. The topological polar surface area (TPSA) is 75.8 Å². The summed E-state index contributed by atoms with van der Waals surface area (Å²) in [5.74, 6) is 1.29. The van der Waals surface area contributed by atoms with E-state index in [0.717, 1.165) is 32.4 Å². The van der Waals surface area contributed by atoms with Crippen LogP contribution in [0.1, 0.15) is 32.6 Å². The van der Waals surface area contributed by atoms with E-state index in [9.17, 15) is 8.42 Å². The quantitative estimate of drug-likeness (QED) is 0.601. The minimum atomic E-state index is -2.91. The molecule has 0 radical (unpaired) electrons. The number of sulfone groups is 1. The number of nitrogens with zero attached hydrogens (tertiary/aromatic N) is 2. The van der Waals surface area contributed by atoms with Gasteiger partial charge in [0.2, 0.25) is 0 Å². The SMILES string of the molecule is CC1CCCN(C(N)=NCCS(=O)(=O)C2CC2)C1. The molecule has 1 saturated heterocycles. The Bertz CT molecular complexity index is 415. The van der Waals surface area contributed by atoms with Gasteiger partial charge in [0.15, 0.2) is 15.8 Å². The molecule has 2 aliphatic rings. The molecule has 0 aromatic carbocycles. The van der Waals surface area contributed by atoms with Crippen LogP contribution in [0.2, 0.25) is 0 Å². The summed E-state index contributed by atoms with van der Waals surface area (Å²) < 4.78 is 23.4. The number of guanidine groups is 1. The first kappa shape index (κ1) is 13.6. The molecular weight excluding hydrogens is 250 g/mol. The summed E-state index contributed by atoms with van der Waals surface area (Å²) in [7, 11) is -2.91. The summed E-state index contributed by atoms with van der Waals surface area (Å²) in [5.41, 5.74) is 5.91. The van der Waals surface area contributed by atoms with E-state index in [-0.39, 0.29) is 11.0 Å². The number of hydrogen-bond donors (Lipinski definition) is 1. The van der Waals surface area contributed by atoms with Gasteiger partial charge in [0.05, 0.1) is 17.5 Å². The van der Waals surface area contributed by atoms with Gasteiger partial charge in [0.1, 0.15) is 0 Å². The molecule has 1 saturated carbocycles. The highest BCUT2D eigenvalue weighted by atomic mass is 32.2. The summed E-state index contributed by atoms with van der Waals surface area (Å²) in [6, 6.07) is 0. The van der Waals surface area contributed by atoms with Crippen LogP contribution < -0.4 is 5.73 Å². The minimum Gasteiger partial charge on any atom is -0.370 e. The summed E-state index contributed by atoms with van der Waals surface area (Å²) in [4.78, 5) is 6.29. The number of aliphatic imine (C=N–C) groups is 1. The van der Waals surface area contributed by atoms with Crippen molar-refractivity contribution < 1.29 is 8.42 Å². The number of rotatable bonds is 4. The van der Waals surface area contributed by atoms with Crippen molar-refractivity contribution in [2.75, 3.05) is 25.4 Å². The van der Waals surface area contributed by atoms with Gasteiger partial charge in [-0.1, -0.05) is 6.92 Å². The highest BCUT2D eigenvalue weighted by molar-refractivity contribution is 7.92. The van der Waals surface area contributed by atoms with Crippen molar-refractivity contribution in [1.29, 1.82) is 0 Å². The molecule has 1 heterocycles. The van der Waals surface area contributed by atoms with Gasteiger partial charge in [-0.15, -0.1) is 0 Å². The third-order valence-electron chi connectivity index (χ3n) is 3.66. The third kappa shape index (κ3) is 3.60. The number of hydrogen-bond acceptors (Lipinski definition) is 3. The van der Waals surface area contributed by atoms with Crippen LogP contribution in [-0.4, -0.2) is 49.9 Å². The van der Waals surface area contributed by atoms with E-state index in [4.69, 9.17) is 5.73 Å². The van der Waals surface area contributed by atoms with Gasteiger partial charge < -0.3 is 10.6 Å². The molecule has 0 spiro atoms. The Labute approximate surface area is 109 Å². The maximum Gasteiger partial charge on any atom is 0.191 e. The normalized spacial score (nSPS) is 26.4. The van der Waals surface area contributed by atoms with Crippen LogP contribution in [0.5, 0.6) is 0 Å². The van der Waals surface area contributed by atoms with Crippen LogP contribution in [-0.2, 0) is 9.84 Å². The van der Waals surface area contributed by atoms with E-state index in [2.05, 4.69) is 16.8 Å². The first-order valence-electron chi connectivity index (χ1n) is 6.75. The van der Waals surface area contributed by atoms with Crippen LogP contribution in [0.15, 0.2) is 4.99 Å². The molecule has 2 N–H and O–H groups in total. The first-order valence-corrected chi connectivity index (χ1v) is 8.47. The Morgan fingerprint density at radius 1 is 1.39 bits per heavy atom. The molecule has 0 bridgehead atoms. The molecule has 1 unspecified atom stereocenters. The standard InChI is InChI=1S/C12H23N3O2S/c1-10-3-2-7-15(9-10)12(13)14-6-8-18(16,17)11-4-5-11/h10-11H,2-9H2,1H3,(H2,13,14). The predicted octanol–water partition coefficient (Wildman–Crippen LogP) is 0.610. The minimum absolute atomic E-state index is 0.0936. The molecule has 1 aliphatic carbocycles. The number of likely N-dealkylation sites (tertiary alicyclic amines) is 1. The van der Waals surface area contributed by atoms with Gasteiger partial charge in [-0.2, -0.15) is 0 Å². The summed E-state index contributed by atoms with van der Waals surface area (Å²) in [6.45, 7) is 4.38. The second-order valence-corrected chi connectivity index (χ2v) is 7.90. The van der Waals surface area contributed by atoms with Crippen molar-refractivity contribution in [3.05, 3.63) is 0 Å². The summed E-state index contributed by atoms with van der Waals surface area (Å²) in [5, 5.41) is -0.0936. The first-order chi connectivity index (χ1) is 8.49. The highest BCUT2D eigenvalue weighted by Gasteiger charge is 2.34. The largest absolute Gasteiger partial charge is 0.370 e. The van der Waals surface area contributed by atoms with Crippen LogP contribution in [0.4, 0.5) is 0 Å². The van der Waals surface area contributed by atoms with Crippen LogP contribution >= 0.6 is 0 Å². The Kier molecular flexibility index (Phi) is 4.14. The van der Waals surface area contributed by atoms with Crippen molar-refractivity contribution in [1.82, 2.24) is 4.90 Å². The maximum atomic E-state index is 11.7. The smallest absolute Gasteiger partial charge is 0.191 e. The van der Waals surface area contributed by atoms with Crippen molar-refractivity contribution in [3.8, 4) is 0 Å². The van der Waals surface area contributed by atoms with E-state index in [1.807, 2.05) is 0 Å². The monoisotopic (exact) mass is 273 g/mol. The van der Waals surface area contributed by atoms with Gasteiger partial charge in [-0.05, 0) is 31.6 Å². The van der Waals surface area contributed by atoms with Crippen LogP contribution in [0.3, 0.4) is 0 Å². The highest BCUT2D eigenvalue weighted by Crippen LogP contribution is 2.28.